The minimum absolute atomic E-state index is 0.386. The van der Waals surface area contributed by atoms with Crippen LogP contribution >= 0.6 is 0 Å². The molecule has 1 atom stereocenters. The van der Waals surface area contributed by atoms with Gasteiger partial charge in [-0.1, -0.05) is 0 Å². The lowest BCUT2D eigenvalue weighted by molar-refractivity contribution is -0.202. The van der Waals surface area contributed by atoms with Gasteiger partial charge in [0, 0.05) is 18.7 Å². The van der Waals surface area contributed by atoms with E-state index < -0.39 is 23.5 Å². The number of hydrogen-bond acceptors (Lipinski definition) is 4. The zero-order valence-corrected chi connectivity index (χ0v) is 12.6. The predicted molar refractivity (Wildman–Crippen MR) is 79.5 cm³/mol. The average Bonchev–Trinajstić information content (AvgIpc) is 3.38. The highest BCUT2D eigenvalue weighted by Gasteiger charge is 2.57. The summed E-state index contributed by atoms with van der Waals surface area (Å²) in [4.78, 5) is 29.8. The van der Waals surface area contributed by atoms with Crippen molar-refractivity contribution in [3.8, 4) is 0 Å². The maximum absolute atomic E-state index is 12.9. The molecule has 6 nitrogen and oxygen atoms in total. The maximum Gasteiger partial charge on any atom is 0.259 e. The molecule has 0 aromatic heterocycles. The third kappa shape index (κ3) is 3.68. The van der Waals surface area contributed by atoms with Crippen LogP contribution in [0.15, 0.2) is 24.3 Å². The van der Waals surface area contributed by atoms with Crippen molar-refractivity contribution >= 4 is 17.5 Å². The Kier molecular flexibility index (Phi) is 4.58. The van der Waals surface area contributed by atoms with Crippen molar-refractivity contribution in [1.29, 1.82) is 0 Å². The average molecular weight is 322 g/mol. The van der Waals surface area contributed by atoms with Crippen LogP contribution in [0.2, 0.25) is 0 Å². The second-order valence-corrected chi connectivity index (χ2v) is 5.89. The van der Waals surface area contributed by atoms with Crippen LogP contribution in [0.3, 0.4) is 0 Å². The Hall–Kier alpha value is -1.99. The van der Waals surface area contributed by atoms with Gasteiger partial charge in [-0.3, -0.25) is 9.59 Å². The van der Waals surface area contributed by atoms with Crippen molar-refractivity contribution in [3.63, 3.8) is 0 Å². The molecule has 1 aromatic rings. The minimum Gasteiger partial charge on any atom is -0.350 e. The van der Waals surface area contributed by atoms with E-state index in [1.165, 1.54) is 24.3 Å². The van der Waals surface area contributed by atoms with E-state index in [1.807, 2.05) is 0 Å². The van der Waals surface area contributed by atoms with Gasteiger partial charge >= 0.3 is 0 Å². The standard InChI is InChI=1S/C16H19FN2O4/c17-11-4-6-12(7-5-11)18-14(20)16(8-9-16)15(21)19-23-13-3-1-2-10-22-13/h4-7,13H,1-3,8-10H2,(H,18,20)(H,19,21). The first-order valence-electron chi connectivity index (χ1n) is 7.75. The molecule has 3 rings (SSSR count). The summed E-state index contributed by atoms with van der Waals surface area (Å²) >= 11 is 0. The second kappa shape index (κ2) is 6.64. The van der Waals surface area contributed by atoms with Gasteiger partial charge in [-0.15, -0.1) is 0 Å². The maximum atomic E-state index is 12.9. The molecule has 0 bridgehead atoms. The first-order valence-corrected chi connectivity index (χ1v) is 7.75. The molecular formula is C16H19FN2O4. The normalized spacial score (nSPS) is 22.2. The van der Waals surface area contributed by atoms with Gasteiger partial charge in [-0.05, 0) is 49.9 Å². The minimum atomic E-state index is -1.11. The molecule has 0 radical (unpaired) electrons. The quantitative estimate of drug-likeness (QED) is 0.643. The number of anilines is 1. The Morgan fingerprint density at radius 2 is 1.91 bits per heavy atom. The summed E-state index contributed by atoms with van der Waals surface area (Å²) in [5, 5.41) is 2.64. The van der Waals surface area contributed by atoms with Crippen LogP contribution in [0, 0.1) is 11.2 Å². The molecule has 2 aliphatic rings. The fourth-order valence-electron chi connectivity index (χ4n) is 2.49. The smallest absolute Gasteiger partial charge is 0.259 e. The number of hydrogen-bond donors (Lipinski definition) is 2. The molecule has 1 heterocycles. The van der Waals surface area contributed by atoms with Crippen molar-refractivity contribution in [1.82, 2.24) is 5.48 Å². The molecule has 2 fully saturated rings. The van der Waals surface area contributed by atoms with Crippen molar-refractivity contribution in [2.75, 3.05) is 11.9 Å². The highest BCUT2D eigenvalue weighted by molar-refractivity contribution is 6.12. The van der Waals surface area contributed by atoms with Gasteiger partial charge < -0.3 is 10.1 Å². The molecule has 1 saturated heterocycles. The molecule has 0 spiro atoms. The number of hydroxylamine groups is 1. The van der Waals surface area contributed by atoms with Crippen LogP contribution in [0.1, 0.15) is 32.1 Å². The molecule has 7 heteroatoms. The second-order valence-electron chi connectivity index (χ2n) is 5.89. The van der Waals surface area contributed by atoms with E-state index in [1.54, 1.807) is 0 Å². The molecule has 1 aromatic carbocycles. The van der Waals surface area contributed by atoms with Crippen molar-refractivity contribution in [3.05, 3.63) is 30.1 Å². The number of carbonyl (C=O) groups excluding carboxylic acids is 2. The third-order valence-electron chi connectivity index (χ3n) is 4.14. The highest BCUT2D eigenvalue weighted by Crippen LogP contribution is 2.46. The van der Waals surface area contributed by atoms with E-state index in [9.17, 15) is 14.0 Å². The molecule has 2 amide bonds. The SMILES string of the molecule is O=C(NOC1CCCCO1)C1(C(=O)Nc2ccc(F)cc2)CC1. The Morgan fingerprint density at radius 1 is 1.17 bits per heavy atom. The van der Waals surface area contributed by atoms with Crippen molar-refractivity contribution < 1.29 is 23.6 Å². The van der Waals surface area contributed by atoms with Gasteiger partial charge in [0.05, 0.1) is 0 Å². The zero-order chi connectivity index (χ0) is 16.3. The summed E-state index contributed by atoms with van der Waals surface area (Å²) in [6, 6.07) is 5.40. The lowest BCUT2D eigenvalue weighted by Crippen LogP contribution is -2.42. The first-order chi connectivity index (χ1) is 11.1. The molecule has 1 aliphatic heterocycles. The van der Waals surface area contributed by atoms with Crippen LogP contribution in [0.25, 0.3) is 0 Å². The Balaban J connectivity index is 1.54. The van der Waals surface area contributed by atoms with Crippen molar-refractivity contribution in [2.45, 2.75) is 38.4 Å². The molecule has 1 unspecified atom stereocenters. The number of rotatable bonds is 5. The van der Waals surface area contributed by atoms with E-state index >= 15 is 0 Å². The van der Waals surface area contributed by atoms with Gasteiger partial charge in [0.25, 0.3) is 5.91 Å². The summed E-state index contributed by atoms with van der Waals surface area (Å²) in [6.07, 6.45) is 3.15. The van der Waals surface area contributed by atoms with Crippen LogP contribution in [-0.2, 0) is 19.2 Å². The van der Waals surface area contributed by atoms with E-state index in [0.717, 1.165) is 19.3 Å². The van der Waals surface area contributed by atoms with Crippen molar-refractivity contribution in [2.24, 2.45) is 5.41 Å². The van der Waals surface area contributed by atoms with Gasteiger partial charge in [0.15, 0.2) is 6.29 Å². The summed E-state index contributed by atoms with van der Waals surface area (Å²) in [6.45, 7) is 0.608. The number of nitrogens with one attached hydrogen (secondary N) is 2. The predicted octanol–water partition coefficient (Wildman–Crippen LogP) is 2.12. The number of amides is 2. The Bertz CT molecular complexity index is 580. The van der Waals surface area contributed by atoms with Gasteiger partial charge in [0.2, 0.25) is 5.91 Å². The van der Waals surface area contributed by atoms with Crippen LogP contribution in [0.5, 0.6) is 0 Å². The summed E-state index contributed by atoms with van der Waals surface area (Å²) in [7, 11) is 0. The Morgan fingerprint density at radius 3 is 2.52 bits per heavy atom. The molecule has 1 saturated carbocycles. The van der Waals surface area contributed by atoms with Gasteiger partial charge in [0.1, 0.15) is 11.2 Å². The Labute approximate surface area is 133 Å². The summed E-state index contributed by atoms with van der Waals surface area (Å²) < 4.78 is 18.2. The zero-order valence-electron chi connectivity index (χ0n) is 12.6. The van der Waals surface area contributed by atoms with Crippen LogP contribution < -0.4 is 10.8 Å². The molecule has 23 heavy (non-hydrogen) atoms. The third-order valence-corrected chi connectivity index (χ3v) is 4.14. The first kappa shape index (κ1) is 15.9. The summed E-state index contributed by atoms with van der Waals surface area (Å²) in [5.41, 5.74) is 1.69. The van der Waals surface area contributed by atoms with E-state index in [0.29, 0.717) is 25.1 Å². The highest BCUT2D eigenvalue weighted by atomic mass is 19.1. The topological polar surface area (TPSA) is 76.7 Å². The van der Waals surface area contributed by atoms with Crippen LogP contribution in [-0.4, -0.2) is 24.7 Å². The molecule has 1 aliphatic carbocycles. The number of carbonyl (C=O) groups is 2. The fraction of sp³-hybridized carbons (Fsp3) is 0.500. The fourth-order valence-corrected chi connectivity index (χ4v) is 2.49. The van der Waals surface area contributed by atoms with Gasteiger partial charge in [-0.2, -0.15) is 0 Å². The number of halogens is 1. The van der Waals surface area contributed by atoms with E-state index in [-0.39, 0.29) is 5.82 Å². The number of benzene rings is 1. The lowest BCUT2D eigenvalue weighted by Gasteiger charge is -2.23. The van der Waals surface area contributed by atoms with E-state index in [4.69, 9.17) is 9.57 Å². The van der Waals surface area contributed by atoms with Gasteiger partial charge in [-0.25, -0.2) is 14.7 Å². The molecular weight excluding hydrogens is 303 g/mol. The summed E-state index contributed by atoms with van der Waals surface area (Å²) in [5.74, 6) is -1.26. The van der Waals surface area contributed by atoms with Crippen LogP contribution in [0.4, 0.5) is 10.1 Å². The number of ether oxygens (including phenoxy) is 1. The van der Waals surface area contributed by atoms with E-state index in [2.05, 4.69) is 10.8 Å². The largest absolute Gasteiger partial charge is 0.350 e. The lowest BCUT2D eigenvalue weighted by atomic mass is 10.1. The monoisotopic (exact) mass is 322 g/mol. The molecule has 2 N–H and O–H groups in total. The molecule has 124 valence electrons.